The molecule has 0 radical (unpaired) electrons. The Hall–Kier alpha value is -4.49. The van der Waals surface area contributed by atoms with Crippen LogP contribution in [0.2, 0.25) is 5.02 Å². The Labute approximate surface area is 254 Å². The quantitative estimate of drug-likeness (QED) is 0.209. The lowest BCUT2D eigenvalue weighted by Gasteiger charge is -2.31. The molecule has 44 heavy (non-hydrogen) atoms. The number of nitrogens with one attached hydrogen (secondary N) is 1. The number of benzene rings is 2. The second-order valence-corrected chi connectivity index (χ2v) is 10.2. The van der Waals surface area contributed by atoms with Crippen LogP contribution >= 0.6 is 11.6 Å². The highest BCUT2D eigenvalue weighted by molar-refractivity contribution is 6.31. The fraction of sp³-hybridized carbons (Fsp3) is 0.267. The molecule has 0 aliphatic heterocycles. The van der Waals surface area contributed by atoms with Gasteiger partial charge < -0.3 is 25.6 Å². The largest absolute Gasteiger partial charge is 0.494 e. The number of aliphatic hydroxyl groups is 1. The van der Waals surface area contributed by atoms with Crippen molar-refractivity contribution < 1.29 is 41.7 Å². The van der Waals surface area contributed by atoms with Crippen LogP contribution in [0.5, 0.6) is 11.5 Å². The average Bonchev–Trinajstić information content (AvgIpc) is 2.96. The van der Waals surface area contributed by atoms with Crippen molar-refractivity contribution in [1.29, 1.82) is 0 Å². The van der Waals surface area contributed by atoms with E-state index in [0.717, 1.165) is 18.2 Å². The van der Waals surface area contributed by atoms with Crippen LogP contribution in [0.4, 0.5) is 17.6 Å². The number of hydrogen-bond acceptors (Lipinski definition) is 7. The summed E-state index contributed by atoms with van der Waals surface area (Å²) < 4.78 is 68.5. The number of carbonyl (C=O) groups excluding carboxylic acids is 2. The van der Waals surface area contributed by atoms with E-state index in [-0.39, 0.29) is 40.5 Å². The SMILES string of the molecule is CCOc1c(CC(N)=O)cc([C@@](O)(CNC(=O)c2cc(OC)c3nc(C)c(Cl)cc3c2)C(F)(F)F)nc1-c1ccc(F)cc1. The molecule has 0 unspecified atom stereocenters. The number of aromatic nitrogens is 2. The van der Waals surface area contributed by atoms with Gasteiger partial charge in [0.05, 0.1) is 43.1 Å². The number of nitrogens with zero attached hydrogens (tertiary/aromatic N) is 2. The van der Waals surface area contributed by atoms with Crippen molar-refractivity contribution in [3.8, 4) is 22.8 Å². The number of nitrogens with two attached hydrogens (primary N) is 1. The maximum Gasteiger partial charge on any atom is 0.424 e. The van der Waals surface area contributed by atoms with Crippen molar-refractivity contribution in [3.05, 3.63) is 81.9 Å². The fourth-order valence-corrected chi connectivity index (χ4v) is 4.64. The van der Waals surface area contributed by atoms with Crippen LogP contribution in [-0.4, -0.2) is 53.3 Å². The first-order valence-electron chi connectivity index (χ1n) is 13.1. The van der Waals surface area contributed by atoms with Crippen LogP contribution in [0.15, 0.2) is 48.5 Å². The van der Waals surface area contributed by atoms with Gasteiger partial charge in [0.15, 0.2) is 0 Å². The Morgan fingerprint density at radius 3 is 2.36 bits per heavy atom. The summed E-state index contributed by atoms with van der Waals surface area (Å²) in [7, 11) is 1.34. The normalized spacial score (nSPS) is 12.9. The predicted molar refractivity (Wildman–Crippen MR) is 154 cm³/mol. The van der Waals surface area contributed by atoms with E-state index in [9.17, 15) is 32.3 Å². The summed E-state index contributed by atoms with van der Waals surface area (Å²) in [5.74, 6) is -2.39. The zero-order valence-electron chi connectivity index (χ0n) is 23.7. The van der Waals surface area contributed by atoms with Gasteiger partial charge in [0.25, 0.3) is 5.91 Å². The van der Waals surface area contributed by atoms with Gasteiger partial charge in [-0.15, -0.1) is 0 Å². The van der Waals surface area contributed by atoms with Crippen LogP contribution < -0.4 is 20.5 Å². The summed E-state index contributed by atoms with van der Waals surface area (Å²) in [6.07, 6.45) is -5.94. The molecule has 0 fully saturated rings. The number of alkyl halides is 3. The van der Waals surface area contributed by atoms with E-state index in [4.69, 9.17) is 26.8 Å². The number of fused-ring (bicyclic) bond motifs is 1. The minimum atomic E-state index is -5.37. The van der Waals surface area contributed by atoms with Gasteiger partial charge in [-0.05, 0) is 62.4 Å². The molecule has 0 saturated carbocycles. The van der Waals surface area contributed by atoms with Crippen molar-refractivity contribution in [2.24, 2.45) is 5.73 Å². The minimum Gasteiger partial charge on any atom is -0.494 e. The van der Waals surface area contributed by atoms with Gasteiger partial charge in [0.2, 0.25) is 11.5 Å². The van der Waals surface area contributed by atoms with Gasteiger partial charge in [-0.3, -0.25) is 9.59 Å². The van der Waals surface area contributed by atoms with Crippen LogP contribution in [0, 0.1) is 12.7 Å². The second-order valence-electron chi connectivity index (χ2n) is 9.77. The number of methoxy groups -OCH3 is 1. The maximum atomic E-state index is 14.6. The third-order valence-electron chi connectivity index (χ3n) is 6.71. The van der Waals surface area contributed by atoms with Crippen LogP contribution in [0.1, 0.15) is 34.2 Å². The topological polar surface area (TPSA) is 137 Å². The molecule has 4 aromatic rings. The molecular formula is C30H27ClF4N4O5. The Kier molecular flexibility index (Phi) is 9.30. The molecule has 4 N–H and O–H groups in total. The molecule has 0 saturated heterocycles. The van der Waals surface area contributed by atoms with Crippen LogP contribution in [0.3, 0.4) is 0 Å². The van der Waals surface area contributed by atoms with Crippen molar-refractivity contribution in [1.82, 2.24) is 15.3 Å². The van der Waals surface area contributed by atoms with Crippen molar-refractivity contribution in [3.63, 3.8) is 0 Å². The van der Waals surface area contributed by atoms with E-state index in [1.807, 2.05) is 0 Å². The molecular weight excluding hydrogens is 608 g/mol. The van der Waals surface area contributed by atoms with Gasteiger partial charge in [-0.1, -0.05) is 11.6 Å². The first-order valence-corrected chi connectivity index (χ1v) is 13.5. The fourth-order valence-electron chi connectivity index (χ4n) is 4.48. The molecule has 2 heterocycles. The van der Waals surface area contributed by atoms with Crippen molar-refractivity contribution in [2.45, 2.75) is 32.0 Å². The molecule has 14 heteroatoms. The third-order valence-corrected chi connectivity index (χ3v) is 7.09. The molecule has 4 rings (SSSR count). The lowest BCUT2D eigenvalue weighted by atomic mass is 9.93. The third kappa shape index (κ3) is 6.53. The van der Waals surface area contributed by atoms with E-state index in [2.05, 4.69) is 15.3 Å². The minimum absolute atomic E-state index is 0.0378. The Bertz CT molecular complexity index is 1730. The van der Waals surface area contributed by atoms with E-state index in [1.165, 1.54) is 37.4 Å². The summed E-state index contributed by atoms with van der Waals surface area (Å²) in [5, 5.41) is 14.0. The van der Waals surface area contributed by atoms with Gasteiger partial charge in [0, 0.05) is 22.1 Å². The van der Waals surface area contributed by atoms with Crippen molar-refractivity contribution in [2.75, 3.05) is 20.3 Å². The summed E-state index contributed by atoms with van der Waals surface area (Å²) in [5.41, 5.74) is 1.28. The molecule has 2 amide bonds. The van der Waals surface area contributed by atoms with Gasteiger partial charge >= 0.3 is 6.18 Å². The monoisotopic (exact) mass is 634 g/mol. The summed E-state index contributed by atoms with van der Waals surface area (Å²) in [6.45, 7) is 1.94. The Morgan fingerprint density at radius 2 is 1.77 bits per heavy atom. The molecule has 232 valence electrons. The summed E-state index contributed by atoms with van der Waals surface area (Å²) in [6, 6.07) is 9.66. The molecule has 1 atom stereocenters. The summed E-state index contributed by atoms with van der Waals surface area (Å²) in [4.78, 5) is 33.4. The average molecular weight is 635 g/mol. The highest BCUT2D eigenvalue weighted by Gasteiger charge is 2.56. The first-order chi connectivity index (χ1) is 20.7. The highest BCUT2D eigenvalue weighted by atomic mass is 35.5. The standard InChI is InChI=1S/C30H27ClF4N4O5/c1-4-44-27-18(13-24(36)40)12-23(39-26(27)16-5-7-20(32)8-6-16)29(42,30(33,34)35)14-37-28(41)19-9-17-10-21(31)15(2)38-25(17)22(11-19)43-3/h5-12,42H,4,13-14H2,1-3H3,(H2,36,40)(H,37,41)/t29-/m0/s1. The second kappa shape index (κ2) is 12.6. The van der Waals surface area contributed by atoms with E-state index < -0.39 is 48.1 Å². The number of halogens is 5. The van der Waals surface area contributed by atoms with Crippen molar-refractivity contribution >= 4 is 34.3 Å². The lowest BCUT2D eigenvalue weighted by Crippen LogP contribution is -2.51. The van der Waals surface area contributed by atoms with Gasteiger partial charge in [0.1, 0.15) is 28.5 Å². The number of carbonyl (C=O) groups is 2. The molecule has 2 aromatic carbocycles. The molecule has 2 aromatic heterocycles. The first kappa shape index (κ1) is 32.4. The number of hydrogen-bond donors (Lipinski definition) is 3. The molecule has 0 aliphatic rings. The Balaban J connectivity index is 1.80. The van der Waals surface area contributed by atoms with Gasteiger partial charge in [-0.2, -0.15) is 13.2 Å². The number of primary amides is 1. The number of aryl methyl sites for hydroxylation is 1. The Morgan fingerprint density at radius 1 is 1.09 bits per heavy atom. The predicted octanol–water partition coefficient (Wildman–Crippen LogP) is 5.01. The number of rotatable bonds is 10. The van der Waals surface area contributed by atoms with E-state index in [0.29, 0.717) is 21.6 Å². The molecule has 9 nitrogen and oxygen atoms in total. The van der Waals surface area contributed by atoms with E-state index in [1.54, 1.807) is 13.8 Å². The summed E-state index contributed by atoms with van der Waals surface area (Å²) >= 11 is 6.17. The van der Waals surface area contributed by atoms with E-state index >= 15 is 0 Å². The zero-order valence-corrected chi connectivity index (χ0v) is 24.4. The lowest BCUT2D eigenvalue weighted by molar-refractivity contribution is -0.265. The highest BCUT2D eigenvalue weighted by Crippen LogP contribution is 2.42. The number of pyridine rings is 2. The van der Waals surface area contributed by atoms with Gasteiger partial charge in [-0.25, -0.2) is 14.4 Å². The smallest absolute Gasteiger partial charge is 0.424 e. The zero-order chi connectivity index (χ0) is 32.4. The van der Waals surface area contributed by atoms with Crippen LogP contribution in [-0.2, 0) is 16.8 Å². The molecule has 0 bridgehead atoms. The maximum absolute atomic E-state index is 14.6. The number of ether oxygens (including phenoxy) is 2. The number of amides is 2. The molecule has 0 spiro atoms. The van der Waals surface area contributed by atoms with Crippen LogP contribution in [0.25, 0.3) is 22.2 Å². The molecule has 0 aliphatic carbocycles.